The maximum Gasteiger partial charge on any atom is 0.262 e. The SMILES string of the molecule is Cc1cc(N)ccc1S(=O)(=O)Nc1cnc(Cl)c(Br)c1. The number of hydrogen-bond donors (Lipinski definition) is 2. The number of nitrogens with two attached hydrogens (primary N) is 1. The van der Waals surface area contributed by atoms with Gasteiger partial charge in [0.1, 0.15) is 5.15 Å². The van der Waals surface area contributed by atoms with Gasteiger partial charge in [-0.1, -0.05) is 11.6 Å². The number of aryl methyl sites for hydroxylation is 1. The van der Waals surface area contributed by atoms with Crippen molar-refractivity contribution in [1.82, 2.24) is 4.98 Å². The molecule has 0 aliphatic rings. The molecular formula is C12H11BrClN3O2S. The van der Waals surface area contributed by atoms with Crippen molar-refractivity contribution in [2.45, 2.75) is 11.8 Å². The normalized spacial score (nSPS) is 11.3. The molecule has 0 radical (unpaired) electrons. The average molecular weight is 377 g/mol. The zero-order chi connectivity index (χ0) is 14.9. The van der Waals surface area contributed by atoms with Gasteiger partial charge in [0.05, 0.1) is 21.3 Å². The lowest BCUT2D eigenvalue weighted by molar-refractivity contribution is 0.600. The fourth-order valence-electron chi connectivity index (χ4n) is 1.66. The first-order chi connectivity index (χ1) is 9.29. The van der Waals surface area contributed by atoms with Crippen molar-refractivity contribution in [3.8, 4) is 0 Å². The summed E-state index contributed by atoms with van der Waals surface area (Å²) >= 11 is 8.95. The molecule has 2 rings (SSSR count). The molecule has 0 amide bonds. The van der Waals surface area contributed by atoms with Gasteiger partial charge in [0.2, 0.25) is 0 Å². The predicted octanol–water partition coefficient (Wildman–Crippen LogP) is 3.19. The molecule has 0 spiro atoms. The molecule has 0 saturated heterocycles. The van der Waals surface area contributed by atoms with Crippen LogP contribution in [0.3, 0.4) is 0 Å². The molecule has 0 unspecified atom stereocenters. The van der Waals surface area contributed by atoms with Gasteiger partial charge in [0.25, 0.3) is 10.0 Å². The number of anilines is 2. The molecule has 0 atom stereocenters. The number of benzene rings is 1. The molecule has 1 aromatic heterocycles. The first kappa shape index (κ1) is 15.1. The standard InChI is InChI=1S/C12H11BrClN3O2S/c1-7-4-8(15)2-3-11(7)20(18,19)17-9-5-10(13)12(14)16-6-9/h2-6,17H,15H2,1H3. The largest absolute Gasteiger partial charge is 0.399 e. The lowest BCUT2D eigenvalue weighted by Gasteiger charge is -2.11. The summed E-state index contributed by atoms with van der Waals surface area (Å²) in [6.45, 7) is 1.68. The van der Waals surface area contributed by atoms with Crippen LogP contribution in [0.15, 0.2) is 39.8 Å². The minimum atomic E-state index is -3.70. The van der Waals surface area contributed by atoms with Crippen molar-refractivity contribution in [1.29, 1.82) is 0 Å². The number of nitrogens with zero attached hydrogens (tertiary/aromatic N) is 1. The maximum absolute atomic E-state index is 12.3. The van der Waals surface area contributed by atoms with Gasteiger partial charge < -0.3 is 5.73 Å². The van der Waals surface area contributed by atoms with E-state index in [4.69, 9.17) is 17.3 Å². The van der Waals surface area contributed by atoms with Crippen LogP contribution < -0.4 is 10.5 Å². The van der Waals surface area contributed by atoms with Crippen LogP contribution in [0.1, 0.15) is 5.56 Å². The molecule has 8 heteroatoms. The monoisotopic (exact) mass is 375 g/mol. The molecule has 20 heavy (non-hydrogen) atoms. The van der Waals surface area contributed by atoms with Crippen LogP contribution in [0.4, 0.5) is 11.4 Å². The number of pyridine rings is 1. The number of rotatable bonds is 3. The van der Waals surface area contributed by atoms with Crippen molar-refractivity contribution in [3.63, 3.8) is 0 Å². The highest BCUT2D eigenvalue weighted by Crippen LogP contribution is 2.25. The van der Waals surface area contributed by atoms with Gasteiger partial charge in [-0.05, 0) is 52.7 Å². The highest BCUT2D eigenvalue weighted by atomic mass is 79.9. The summed E-state index contributed by atoms with van der Waals surface area (Å²) in [5.41, 5.74) is 7.01. The van der Waals surface area contributed by atoms with Crippen LogP contribution in [0.2, 0.25) is 5.15 Å². The Balaban J connectivity index is 2.38. The minimum Gasteiger partial charge on any atom is -0.399 e. The second-order valence-electron chi connectivity index (χ2n) is 4.13. The lowest BCUT2D eigenvalue weighted by atomic mass is 10.2. The van der Waals surface area contributed by atoms with E-state index in [0.29, 0.717) is 21.4 Å². The molecule has 0 fully saturated rings. The van der Waals surface area contributed by atoms with Crippen molar-refractivity contribution < 1.29 is 8.42 Å². The maximum atomic E-state index is 12.3. The molecule has 3 N–H and O–H groups in total. The Bertz CT molecular complexity index is 765. The molecule has 0 bridgehead atoms. The van der Waals surface area contributed by atoms with E-state index >= 15 is 0 Å². The molecule has 5 nitrogen and oxygen atoms in total. The summed E-state index contributed by atoms with van der Waals surface area (Å²) in [6.07, 6.45) is 1.34. The third-order valence-corrected chi connectivity index (χ3v) is 5.21. The van der Waals surface area contributed by atoms with Crippen molar-refractivity contribution in [3.05, 3.63) is 45.7 Å². The Kier molecular flexibility index (Phi) is 4.22. The third-order valence-electron chi connectivity index (χ3n) is 2.54. The molecule has 1 heterocycles. The average Bonchev–Trinajstić information content (AvgIpc) is 2.33. The Morgan fingerprint density at radius 1 is 1.35 bits per heavy atom. The van der Waals surface area contributed by atoms with Gasteiger partial charge in [-0.2, -0.15) is 0 Å². The minimum absolute atomic E-state index is 0.165. The number of nitrogen functional groups attached to an aromatic ring is 1. The van der Waals surface area contributed by atoms with Gasteiger partial charge in [-0.25, -0.2) is 13.4 Å². The summed E-state index contributed by atoms with van der Waals surface area (Å²) in [7, 11) is -3.70. The summed E-state index contributed by atoms with van der Waals surface area (Å²) in [5.74, 6) is 0. The van der Waals surface area contributed by atoms with Crippen molar-refractivity contribution >= 4 is 48.9 Å². The topological polar surface area (TPSA) is 85.1 Å². The van der Waals surface area contributed by atoms with Gasteiger partial charge in [-0.15, -0.1) is 0 Å². The van der Waals surface area contributed by atoms with E-state index in [1.807, 2.05) is 0 Å². The Hall–Kier alpha value is -1.31. The van der Waals surface area contributed by atoms with E-state index in [9.17, 15) is 8.42 Å². The number of hydrogen-bond acceptors (Lipinski definition) is 4. The quantitative estimate of drug-likeness (QED) is 0.636. The number of aromatic nitrogens is 1. The van der Waals surface area contributed by atoms with Gasteiger partial charge >= 0.3 is 0 Å². The number of halogens is 2. The number of nitrogens with one attached hydrogen (secondary N) is 1. The van der Waals surface area contributed by atoms with E-state index in [1.54, 1.807) is 19.1 Å². The Labute approximate surface area is 130 Å². The van der Waals surface area contributed by atoms with E-state index in [-0.39, 0.29) is 10.0 Å². The van der Waals surface area contributed by atoms with Gasteiger partial charge in [0, 0.05) is 5.69 Å². The molecule has 2 aromatic rings. The van der Waals surface area contributed by atoms with Crippen LogP contribution in [0, 0.1) is 6.92 Å². The van der Waals surface area contributed by atoms with Crippen LogP contribution in [0.25, 0.3) is 0 Å². The summed E-state index contributed by atoms with van der Waals surface area (Å²) < 4.78 is 27.6. The lowest BCUT2D eigenvalue weighted by Crippen LogP contribution is -2.14. The van der Waals surface area contributed by atoms with Crippen molar-refractivity contribution in [2.75, 3.05) is 10.5 Å². The molecule has 0 aliphatic carbocycles. The van der Waals surface area contributed by atoms with E-state index in [2.05, 4.69) is 25.6 Å². The molecule has 0 aliphatic heterocycles. The first-order valence-electron chi connectivity index (χ1n) is 5.49. The summed E-state index contributed by atoms with van der Waals surface area (Å²) in [6, 6.07) is 6.15. The van der Waals surface area contributed by atoms with Gasteiger partial charge in [-0.3, -0.25) is 4.72 Å². The fourth-order valence-corrected chi connectivity index (χ4v) is 3.38. The summed E-state index contributed by atoms with van der Waals surface area (Å²) in [5, 5.41) is 0.261. The molecular weight excluding hydrogens is 366 g/mol. The predicted molar refractivity (Wildman–Crippen MR) is 83.3 cm³/mol. The smallest absolute Gasteiger partial charge is 0.262 e. The second-order valence-corrected chi connectivity index (χ2v) is 6.99. The van der Waals surface area contributed by atoms with Crippen LogP contribution in [-0.4, -0.2) is 13.4 Å². The molecule has 1 aromatic carbocycles. The fraction of sp³-hybridized carbons (Fsp3) is 0.0833. The second kappa shape index (κ2) is 5.59. The van der Waals surface area contributed by atoms with Gasteiger partial charge in [0.15, 0.2) is 0 Å². The summed E-state index contributed by atoms with van der Waals surface area (Å²) in [4.78, 5) is 4.03. The highest BCUT2D eigenvalue weighted by Gasteiger charge is 2.17. The number of sulfonamides is 1. The first-order valence-corrected chi connectivity index (χ1v) is 8.15. The highest BCUT2D eigenvalue weighted by molar-refractivity contribution is 9.10. The van der Waals surface area contributed by atoms with Crippen LogP contribution >= 0.6 is 27.5 Å². The Morgan fingerprint density at radius 3 is 2.65 bits per heavy atom. The zero-order valence-electron chi connectivity index (χ0n) is 10.4. The van der Waals surface area contributed by atoms with E-state index < -0.39 is 10.0 Å². The molecule has 0 saturated carbocycles. The van der Waals surface area contributed by atoms with E-state index in [0.717, 1.165) is 0 Å². The van der Waals surface area contributed by atoms with Crippen LogP contribution in [0.5, 0.6) is 0 Å². The molecule has 106 valence electrons. The Morgan fingerprint density at radius 2 is 2.05 bits per heavy atom. The third kappa shape index (κ3) is 3.23. The van der Waals surface area contributed by atoms with Crippen LogP contribution in [-0.2, 0) is 10.0 Å². The van der Waals surface area contributed by atoms with Crippen molar-refractivity contribution in [2.24, 2.45) is 0 Å². The van der Waals surface area contributed by atoms with E-state index in [1.165, 1.54) is 18.3 Å². The zero-order valence-corrected chi connectivity index (χ0v) is 13.6.